The number of benzene rings is 1. The SMILES string of the molecule is Cc1n[nH]c(C)c1S(=O)(=O)NCC(=O)Nc1cccc(F)c1. The average Bonchev–Trinajstić information content (AvgIpc) is 2.77. The number of anilines is 1. The molecule has 0 atom stereocenters. The number of rotatable bonds is 5. The zero-order chi connectivity index (χ0) is 16.3. The summed E-state index contributed by atoms with van der Waals surface area (Å²) in [4.78, 5) is 11.7. The standard InChI is InChI=1S/C13H15FN4O3S/c1-8-13(9(2)18-17-8)22(20,21)15-7-12(19)16-11-5-3-4-10(14)6-11/h3-6,15H,7H2,1-2H3,(H,16,19)(H,17,18). The van der Waals surface area contributed by atoms with Crippen molar-refractivity contribution in [3.63, 3.8) is 0 Å². The summed E-state index contributed by atoms with van der Waals surface area (Å²) in [7, 11) is -3.85. The van der Waals surface area contributed by atoms with Crippen LogP contribution in [-0.4, -0.2) is 31.1 Å². The van der Waals surface area contributed by atoms with Crippen LogP contribution in [0.5, 0.6) is 0 Å². The number of amides is 1. The summed E-state index contributed by atoms with van der Waals surface area (Å²) in [6.07, 6.45) is 0. The molecule has 9 heteroatoms. The molecule has 0 saturated heterocycles. The molecule has 2 rings (SSSR count). The quantitative estimate of drug-likeness (QED) is 0.765. The number of carbonyl (C=O) groups is 1. The maximum atomic E-state index is 13.0. The molecule has 118 valence electrons. The number of aromatic amines is 1. The zero-order valence-electron chi connectivity index (χ0n) is 12.0. The third kappa shape index (κ3) is 3.68. The van der Waals surface area contributed by atoms with Gasteiger partial charge in [-0.1, -0.05) is 6.07 Å². The van der Waals surface area contributed by atoms with E-state index in [2.05, 4.69) is 20.2 Å². The second-order valence-electron chi connectivity index (χ2n) is 4.65. The summed E-state index contributed by atoms with van der Waals surface area (Å²) in [6, 6.07) is 5.31. The Hall–Kier alpha value is -2.26. The van der Waals surface area contributed by atoms with Gasteiger partial charge in [-0.3, -0.25) is 9.89 Å². The first-order valence-electron chi connectivity index (χ1n) is 6.36. The van der Waals surface area contributed by atoms with Crippen LogP contribution in [0.4, 0.5) is 10.1 Å². The molecular weight excluding hydrogens is 311 g/mol. The second kappa shape index (κ2) is 6.24. The van der Waals surface area contributed by atoms with Crippen molar-refractivity contribution in [2.24, 2.45) is 0 Å². The number of H-pyrrole nitrogens is 1. The molecule has 0 aliphatic carbocycles. The minimum Gasteiger partial charge on any atom is -0.325 e. The van der Waals surface area contributed by atoms with Crippen molar-refractivity contribution in [3.05, 3.63) is 41.5 Å². The Morgan fingerprint density at radius 1 is 1.36 bits per heavy atom. The first-order chi connectivity index (χ1) is 10.3. The lowest BCUT2D eigenvalue weighted by Gasteiger charge is -2.08. The molecule has 0 fully saturated rings. The Kier molecular flexibility index (Phi) is 4.57. The fourth-order valence-corrected chi connectivity index (χ4v) is 3.29. The van der Waals surface area contributed by atoms with Gasteiger partial charge in [0.15, 0.2) is 0 Å². The summed E-state index contributed by atoms with van der Waals surface area (Å²) in [5.41, 5.74) is 0.950. The van der Waals surface area contributed by atoms with E-state index < -0.39 is 28.3 Å². The van der Waals surface area contributed by atoms with Crippen molar-refractivity contribution in [3.8, 4) is 0 Å². The monoisotopic (exact) mass is 326 g/mol. The highest BCUT2D eigenvalue weighted by Crippen LogP contribution is 2.16. The third-order valence-corrected chi connectivity index (χ3v) is 4.52. The van der Waals surface area contributed by atoms with Gasteiger partial charge in [0, 0.05) is 5.69 Å². The number of nitrogens with zero attached hydrogens (tertiary/aromatic N) is 1. The average molecular weight is 326 g/mol. The second-order valence-corrected chi connectivity index (χ2v) is 6.35. The summed E-state index contributed by atoms with van der Waals surface area (Å²) >= 11 is 0. The molecule has 0 spiro atoms. The first kappa shape index (κ1) is 16.1. The van der Waals surface area contributed by atoms with E-state index in [0.29, 0.717) is 11.4 Å². The molecule has 0 saturated carbocycles. The normalized spacial score (nSPS) is 11.4. The highest BCUT2D eigenvalue weighted by atomic mass is 32.2. The smallest absolute Gasteiger partial charge is 0.244 e. The molecule has 1 amide bonds. The van der Waals surface area contributed by atoms with Crippen LogP contribution >= 0.6 is 0 Å². The van der Waals surface area contributed by atoms with Crippen LogP contribution in [-0.2, 0) is 14.8 Å². The van der Waals surface area contributed by atoms with Crippen molar-refractivity contribution >= 4 is 21.6 Å². The topological polar surface area (TPSA) is 104 Å². The Bertz CT molecular complexity index is 782. The lowest BCUT2D eigenvalue weighted by molar-refractivity contribution is -0.115. The molecule has 1 aromatic heterocycles. The Labute approximate surface area is 127 Å². The highest BCUT2D eigenvalue weighted by molar-refractivity contribution is 7.89. The van der Waals surface area contributed by atoms with E-state index in [4.69, 9.17) is 0 Å². The largest absolute Gasteiger partial charge is 0.325 e. The molecular formula is C13H15FN4O3S. The van der Waals surface area contributed by atoms with Gasteiger partial charge in [-0.05, 0) is 32.0 Å². The molecule has 3 N–H and O–H groups in total. The molecule has 2 aromatic rings. The number of aromatic nitrogens is 2. The predicted molar refractivity (Wildman–Crippen MR) is 78.3 cm³/mol. The van der Waals surface area contributed by atoms with Crippen LogP contribution in [0, 0.1) is 19.7 Å². The van der Waals surface area contributed by atoms with Crippen LogP contribution in [0.2, 0.25) is 0 Å². The molecule has 0 aliphatic rings. The van der Waals surface area contributed by atoms with Gasteiger partial charge in [0.05, 0.1) is 17.9 Å². The van der Waals surface area contributed by atoms with Gasteiger partial charge in [0.2, 0.25) is 15.9 Å². The van der Waals surface area contributed by atoms with Crippen LogP contribution in [0.25, 0.3) is 0 Å². The molecule has 0 unspecified atom stereocenters. The van der Waals surface area contributed by atoms with Gasteiger partial charge in [-0.15, -0.1) is 0 Å². The highest BCUT2D eigenvalue weighted by Gasteiger charge is 2.22. The number of hydrogen-bond acceptors (Lipinski definition) is 4. The van der Waals surface area contributed by atoms with Gasteiger partial charge in [-0.25, -0.2) is 17.5 Å². The number of aryl methyl sites for hydroxylation is 2. The van der Waals surface area contributed by atoms with E-state index in [0.717, 1.165) is 6.07 Å². The summed E-state index contributed by atoms with van der Waals surface area (Å²) in [6.45, 7) is 2.65. The van der Waals surface area contributed by atoms with Gasteiger partial charge in [-0.2, -0.15) is 5.10 Å². The molecule has 1 heterocycles. The Balaban J connectivity index is 2.02. The number of hydrogen-bond donors (Lipinski definition) is 3. The minimum atomic E-state index is -3.85. The molecule has 22 heavy (non-hydrogen) atoms. The molecule has 0 aliphatic heterocycles. The van der Waals surface area contributed by atoms with Crippen molar-refractivity contribution in [2.45, 2.75) is 18.7 Å². The van der Waals surface area contributed by atoms with Crippen LogP contribution in [0.15, 0.2) is 29.2 Å². The zero-order valence-corrected chi connectivity index (χ0v) is 12.8. The van der Waals surface area contributed by atoms with Gasteiger partial charge in [0.1, 0.15) is 10.7 Å². The van der Waals surface area contributed by atoms with Crippen molar-refractivity contribution in [1.29, 1.82) is 0 Å². The van der Waals surface area contributed by atoms with Crippen LogP contribution in [0.1, 0.15) is 11.4 Å². The van der Waals surface area contributed by atoms with E-state index in [1.807, 2.05) is 0 Å². The lowest BCUT2D eigenvalue weighted by Crippen LogP contribution is -2.33. The van der Waals surface area contributed by atoms with Crippen LogP contribution < -0.4 is 10.0 Å². The van der Waals surface area contributed by atoms with Gasteiger partial charge >= 0.3 is 0 Å². The minimum absolute atomic E-state index is 0.0195. The first-order valence-corrected chi connectivity index (χ1v) is 7.84. The fourth-order valence-electron chi connectivity index (χ4n) is 1.94. The fraction of sp³-hybridized carbons (Fsp3) is 0.231. The molecule has 1 aromatic carbocycles. The van der Waals surface area contributed by atoms with Crippen molar-refractivity contribution in [1.82, 2.24) is 14.9 Å². The lowest BCUT2D eigenvalue weighted by atomic mass is 10.3. The van der Waals surface area contributed by atoms with Gasteiger partial charge < -0.3 is 5.32 Å². The summed E-state index contributed by atoms with van der Waals surface area (Å²) in [5, 5.41) is 8.77. The maximum absolute atomic E-state index is 13.0. The Morgan fingerprint density at radius 3 is 2.68 bits per heavy atom. The number of sulfonamides is 1. The van der Waals surface area contributed by atoms with Crippen molar-refractivity contribution < 1.29 is 17.6 Å². The van der Waals surface area contributed by atoms with E-state index in [1.165, 1.54) is 18.2 Å². The predicted octanol–water partition coefficient (Wildman–Crippen LogP) is 1.08. The van der Waals surface area contributed by atoms with Crippen molar-refractivity contribution in [2.75, 3.05) is 11.9 Å². The molecule has 0 radical (unpaired) electrons. The summed E-state index contributed by atoms with van der Waals surface area (Å²) < 4.78 is 39.4. The summed E-state index contributed by atoms with van der Waals surface area (Å²) in [5.74, 6) is -1.10. The van der Waals surface area contributed by atoms with E-state index >= 15 is 0 Å². The molecule has 7 nitrogen and oxygen atoms in total. The number of carbonyl (C=O) groups excluding carboxylic acids is 1. The van der Waals surface area contributed by atoms with E-state index in [1.54, 1.807) is 13.8 Å². The maximum Gasteiger partial charge on any atom is 0.244 e. The van der Waals surface area contributed by atoms with Crippen LogP contribution in [0.3, 0.4) is 0 Å². The third-order valence-electron chi connectivity index (χ3n) is 2.86. The number of nitrogens with one attached hydrogen (secondary N) is 3. The molecule has 0 bridgehead atoms. The number of halogens is 1. The van der Waals surface area contributed by atoms with E-state index in [9.17, 15) is 17.6 Å². The van der Waals surface area contributed by atoms with Gasteiger partial charge in [0.25, 0.3) is 0 Å². The van der Waals surface area contributed by atoms with E-state index in [-0.39, 0.29) is 10.6 Å². The Morgan fingerprint density at radius 2 is 2.09 bits per heavy atom.